The van der Waals surface area contributed by atoms with Crippen LogP contribution < -0.4 is 0 Å². The summed E-state index contributed by atoms with van der Waals surface area (Å²) in [5.74, 6) is 0. The Kier molecular flexibility index (Phi) is 4.38. The molecule has 1 heterocycles. The Hall–Kier alpha value is 0.137. The van der Waals surface area contributed by atoms with E-state index in [2.05, 4.69) is 33.9 Å². The Morgan fingerprint density at radius 3 is 2.33 bits per heavy atom. The molecule has 1 aliphatic rings. The molecule has 0 aromatic heterocycles. The van der Waals surface area contributed by atoms with Crippen LogP contribution >= 0.6 is 0 Å². The predicted octanol–water partition coefficient (Wildman–Crippen LogP) is 3.58. The van der Waals surface area contributed by atoms with Crippen molar-refractivity contribution >= 4 is 8.32 Å². The molecule has 1 aliphatic heterocycles. The molecular weight excluding hydrogens is 204 g/mol. The molecule has 0 aromatic rings. The van der Waals surface area contributed by atoms with Gasteiger partial charge in [0.05, 0.1) is 12.7 Å². The topological polar surface area (TPSA) is 21.8 Å². The molecule has 1 saturated heterocycles. The summed E-state index contributed by atoms with van der Waals surface area (Å²) in [7, 11) is -1.50. The Labute approximate surface area is 95.5 Å². The number of unbranched alkanes of at least 4 members (excludes halogenated alkanes) is 1. The molecule has 0 amide bonds. The van der Waals surface area contributed by atoms with Crippen LogP contribution in [0.25, 0.3) is 0 Å². The highest BCUT2D eigenvalue weighted by atomic mass is 28.4. The molecule has 0 saturated carbocycles. The van der Waals surface area contributed by atoms with Crippen LogP contribution in [0, 0.1) is 0 Å². The average molecular weight is 230 g/mol. The quantitative estimate of drug-likeness (QED) is 0.395. The van der Waals surface area contributed by atoms with Crippen molar-refractivity contribution in [2.45, 2.75) is 64.3 Å². The van der Waals surface area contributed by atoms with Gasteiger partial charge in [-0.15, -0.1) is 0 Å². The molecule has 0 radical (unpaired) electrons. The maximum Gasteiger partial charge on any atom is 0.191 e. The Balaban J connectivity index is 2.06. The number of ether oxygens (including phenoxy) is 1. The molecule has 0 unspecified atom stereocenters. The first-order chi connectivity index (χ1) is 6.83. The highest BCUT2D eigenvalue weighted by Crippen LogP contribution is 2.36. The largest absolute Gasteiger partial charge is 0.417 e. The molecule has 0 spiro atoms. The number of rotatable bonds is 6. The van der Waals surface area contributed by atoms with E-state index < -0.39 is 8.32 Å². The Bertz CT molecular complexity index is 192. The standard InChI is InChI=1S/C12H26O2Si/c1-12(2,3)15(4,5)14-9-7-6-8-11-10-13-11/h11H,6-10H2,1-5H3/t11-/m1/s1. The number of hydrogen-bond acceptors (Lipinski definition) is 2. The van der Waals surface area contributed by atoms with Crippen molar-refractivity contribution in [2.75, 3.05) is 13.2 Å². The maximum absolute atomic E-state index is 6.09. The highest BCUT2D eigenvalue weighted by Gasteiger charge is 2.36. The molecule has 90 valence electrons. The van der Waals surface area contributed by atoms with Crippen LogP contribution in [-0.4, -0.2) is 27.6 Å². The van der Waals surface area contributed by atoms with E-state index >= 15 is 0 Å². The summed E-state index contributed by atoms with van der Waals surface area (Å²) in [6.07, 6.45) is 4.24. The zero-order chi connectivity index (χ0) is 11.5. The van der Waals surface area contributed by atoms with Crippen LogP contribution in [0.2, 0.25) is 18.1 Å². The van der Waals surface area contributed by atoms with E-state index in [0.29, 0.717) is 11.1 Å². The fraction of sp³-hybridized carbons (Fsp3) is 1.00. The van der Waals surface area contributed by atoms with E-state index in [1.807, 2.05) is 0 Å². The number of hydrogen-bond donors (Lipinski definition) is 0. The fourth-order valence-electron chi connectivity index (χ4n) is 1.25. The Morgan fingerprint density at radius 2 is 1.87 bits per heavy atom. The van der Waals surface area contributed by atoms with Gasteiger partial charge in [-0.3, -0.25) is 0 Å². The lowest BCUT2D eigenvalue weighted by Crippen LogP contribution is -2.40. The van der Waals surface area contributed by atoms with E-state index in [-0.39, 0.29) is 0 Å². The first-order valence-electron chi connectivity index (χ1n) is 6.08. The molecule has 3 heteroatoms. The summed E-state index contributed by atoms with van der Waals surface area (Å²) in [4.78, 5) is 0. The highest BCUT2D eigenvalue weighted by molar-refractivity contribution is 6.74. The van der Waals surface area contributed by atoms with Crippen molar-refractivity contribution in [3.05, 3.63) is 0 Å². The molecule has 15 heavy (non-hydrogen) atoms. The van der Waals surface area contributed by atoms with Gasteiger partial charge in [-0.05, 0) is 37.4 Å². The first kappa shape index (κ1) is 13.2. The van der Waals surface area contributed by atoms with Gasteiger partial charge >= 0.3 is 0 Å². The number of epoxide rings is 1. The van der Waals surface area contributed by atoms with Crippen molar-refractivity contribution in [1.82, 2.24) is 0 Å². The maximum atomic E-state index is 6.09. The Morgan fingerprint density at radius 1 is 1.27 bits per heavy atom. The second-order valence-electron chi connectivity index (χ2n) is 6.06. The van der Waals surface area contributed by atoms with E-state index in [4.69, 9.17) is 9.16 Å². The molecule has 1 fully saturated rings. The van der Waals surface area contributed by atoms with Crippen LogP contribution in [0.15, 0.2) is 0 Å². The molecule has 1 atom stereocenters. The monoisotopic (exact) mass is 230 g/mol. The lowest BCUT2D eigenvalue weighted by molar-refractivity contribution is 0.274. The van der Waals surface area contributed by atoms with Gasteiger partial charge < -0.3 is 9.16 Å². The zero-order valence-electron chi connectivity index (χ0n) is 10.9. The van der Waals surface area contributed by atoms with E-state index in [1.54, 1.807) is 0 Å². The molecule has 1 rings (SSSR count). The molecular formula is C12H26O2Si. The van der Waals surface area contributed by atoms with Gasteiger partial charge in [-0.25, -0.2) is 0 Å². The minimum atomic E-state index is -1.50. The van der Waals surface area contributed by atoms with Crippen molar-refractivity contribution in [1.29, 1.82) is 0 Å². The molecule has 0 N–H and O–H groups in total. The predicted molar refractivity (Wildman–Crippen MR) is 66.7 cm³/mol. The third-order valence-electron chi connectivity index (χ3n) is 3.59. The van der Waals surface area contributed by atoms with Crippen molar-refractivity contribution in [2.24, 2.45) is 0 Å². The fourth-order valence-corrected chi connectivity index (χ4v) is 2.34. The molecule has 0 bridgehead atoms. The van der Waals surface area contributed by atoms with Gasteiger partial charge in [0.1, 0.15) is 0 Å². The second kappa shape index (κ2) is 4.98. The van der Waals surface area contributed by atoms with Crippen LogP contribution in [-0.2, 0) is 9.16 Å². The summed E-state index contributed by atoms with van der Waals surface area (Å²) in [5.41, 5.74) is 0. The van der Waals surface area contributed by atoms with E-state index in [0.717, 1.165) is 13.2 Å². The summed E-state index contributed by atoms with van der Waals surface area (Å²) >= 11 is 0. The van der Waals surface area contributed by atoms with Gasteiger partial charge in [0.2, 0.25) is 0 Å². The summed E-state index contributed by atoms with van der Waals surface area (Å²) in [5, 5.41) is 0.340. The van der Waals surface area contributed by atoms with Gasteiger partial charge in [-0.2, -0.15) is 0 Å². The summed E-state index contributed by atoms with van der Waals surface area (Å²) in [6, 6.07) is 0. The first-order valence-corrected chi connectivity index (χ1v) is 8.99. The van der Waals surface area contributed by atoms with Crippen molar-refractivity contribution in [3.8, 4) is 0 Å². The second-order valence-corrected chi connectivity index (χ2v) is 10.9. The normalized spacial score (nSPS) is 21.8. The van der Waals surface area contributed by atoms with Gasteiger partial charge in [-0.1, -0.05) is 20.8 Å². The minimum Gasteiger partial charge on any atom is -0.417 e. The van der Waals surface area contributed by atoms with Gasteiger partial charge in [0, 0.05) is 6.61 Å². The zero-order valence-corrected chi connectivity index (χ0v) is 11.9. The third-order valence-corrected chi connectivity index (χ3v) is 8.13. The van der Waals surface area contributed by atoms with E-state index in [1.165, 1.54) is 19.3 Å². The molecule has 0 aromatic carbocycles. The summed E-state index contributed by atoms with van der Waals surface area (Å²) < 4.78 is 11.3. The third kappa shape index (κ3) is 4.66. The van der Waals surface area contributed by atoms with Crippen LogP contribution in [0.1, 0.15) is 40.0 Å². The molecule has 2 nitrogen and oxygen atoms in total. The average Bonchev–Trinajstić information content (AvgIpc) is 2.85. The van der Waals surface area contributed by atoms with Gasteiger partial charge in [0.15, 0.2) is 8.32 Å². The van der Waals surface area contributed by atoms with E-state index in [9.17, 15) is 0 Å². The SMILES string of the molecule is CC(C)(C)[Si](C)(C)OCCCC[C@@H]1CO1. The summed E-state index contributed by atoms with van der Waals surface area (Å²) in [6.45, 7) is 13.4. The van der Waals surface area contributed by atoms with Crippen molar-refractivity contribution in [3.63, 3.8) is 0 Å². The van der Waals surface area contributed by atoms with Crippen LogP contribution in [0.4, 0.5) is 0 Å². The minimum absolute atomic E-state index is 0.340. The van der Waals surface area contributed by atoms with Gasteiger partial charge in [0.25, 0.3) is 0 Å². The van der Waals surface area contributed by atoms with Crippen LogP contribution in [0.5, 0.6) is 0 Å². The molecule has 0 aliphatic carbocycles. The lowest BCUT2D eigenvalue weighted by Gasteiger charge is -2.36. The van der Waals surface area contributed by atoms with Crippen molar-refractivity contribution < 1.29 is 9.16 Å². The van der Waals surface area contributed by atoms with Crippen LogP contribution in [0.3, 0.4) is 0 Å². The smallest absolute Gasteiger partial charge is 0.191 e. The lowest BCUT2D eigenvalue weighted by atomic mass is 10.2.